The maximum absolute atomic E-state index is 5.48. The summed E-state index contributed by atoms with van der Waals surface area (Å²) >= 11 is 0. The first-order valence-electron chi connectivity index (χ1n) is 37.5. The van der Waals surface area contributed by atoms with E-state index in [0.717, 1.165) is 71.0 Å². The van der Waals surface area contributed by atoms with E-state index < -0.39 is 0 Å². The van der Waals surface area contributed by atoms with Gasteiger partial charge in [-0.2, -0.15) is 0 Å². The molecular weight excluding hydrogens is 1570 g/mol. The van der Waals surface area contributed by atoms with E-state index in [4.69, 9.17) is 42.6 Å². The largest absolute Gasteiger partial charge is 0.497 e. The van der Waals surface area contributed by atoms with E-state index in [2.05, 4.69) is 178 Å². The van der Waals surface area contributed by atoms with Crippen molar-refractivity contribution in [2.75, 3.05) is 64.0 Å². The SMILES string of the molecule is C=CCc1cc(C(C)(C)c2ccc(OC)c(CC=C)c2)ccc1C.CC.COc1ccc(C(C)(C)c2ccc(C)cc2)cc1.COc1ccc(C)cc1.COc1ccc(Cc2ccc(C)cc2)cc1.COc1cccc(C)c1.COc1ccccc1.COc1ccccc1.COc1ccccc1.COc1ccccc1C.[CH3-].[CH3-].[Y].[Y]. The van der Waals surface area contributed by atoms with Gasteiger partial charge in [-0.3, -0.25) is 0 Å². The Bertz CT molecular complexity index is 4340. The van der Waals surface area contributed by atoms with E-state index in [1.54, 1.807) is 64.0 Å². The standard InChI is InChI=1S/C23H28O.C17H20O.C15H16O.3C8H10O.3C7H8O.C2H6.2CH3.2Y/c1-7-9-18-15-20(12-11-17(18)3)23(4,5)21-13-14-22(24-6)19(16-21)10-8-2;1-13-5-7-14(8-6-13)17(2,3)15-9-11-16(18-4)12-10-15;1-12-3-5-13(6-4-12)11-14-7-9-15(16-2)10-8-14;1-7-3-5-8(9-2)6-4-7;1-7-4-3-5-8(6-7)9-2;1-7-5-3-4-6-8(7)9-2;3*1-8-7-5-3-2-4-6-7;1-2;;;;/h7-8,11-16H,1-2,9-10H2,3-6H3;5-12H,1-4H3;3-10H,11H2,1-2H3;3*3-6H,1-2H3;3*2-6H,1H3;1-2H3;2*1H3;;/q;;;;;;;;;;2*-1;;. The van der Waals surface area contributed by atoms with Crippen LogP contribution in [-0.2, 0) is 95.5 Å². The van der Waals surface area contributed by atoms with Crippen LogP contribution in [-0.4, -0.2) is 64.0 Å². The Labute approximate surface area is 745 Å². The molecule has 0 saturated carbocycles. The molecule has 0 unspecified atom stereocenters. The van der Waals surface area contributed by atoms with Crippen molar-refractivity contribution < 1.29 is 108 Å². The first kappa shape index (κ1) is 108. The summed E-state index contributed by atoms with van der Waals surface area (Å²) in [4.78, 5) is 0. The third-order valence-electron chi connectivity index (χ3n) is 17.8. The molecule has 9 nitrogen and oxygen atoms in total. The molecule has 0 bridgehead atoms. The minimum Gasteiger partial charge on any atom is -0.497 e. The second-order valence-corrected chi connectivity index (χ2v) is 26.6. The number of aryl methyl sites for hydroxylation is 6. The number of rotatable bonds is 19. The minimum absolute atomic E-state index is 0. The topological polar surface area (TPSA) is 83.1 Å². The van der Waals surface area contributed by atoms with E-state index in [9.17, 15) is 0 Å². The van der Waals surface area contributed by atoms with E-state index in [0.29, 0.717) is 0 Å². The molecule has 0 amide bonds. The van der Waals surface area contributed by atoms with Crippen LogP contribution in [0, 0.1) is 56.4 Å². The summed E-state index contributed by atoms with van der Waals surface area (Å²) in [6, 6.07) is 100. The molecule has 0 heterocycles. The number of hydrogen-bond donors (Lipinski definition) is 0. The van der Waals surface area contributed by atoms with Crippen molar-refractivity contribution in [3.05, 3.63) is 415 Å². The van der Waals surface area contributed by atoms with Gasteiger partial charge in [0.15, 0.2) is 0 Å². The molecule has 11 heteroatoms. The number of methoxy groups -OCH3 is 9. The van der Waals surface area contributed by atoms with Gasteiger partial charge < -0.3 is 57.5 Å². The Hall–Kier alpha value is -9.47. The van der Waals surface area contributed by atoms with Crippen LogP contribution < -0.4 is 42.6 Å². The Morgan fingerprint density at radius 1 is 0.261 bits per heavy atom. The molecule has 0 aromatic heterocycles. The number of ether oxygens (including phenoxy) is 9. The predicted molar refractivity (Wildman–Crippen MR) is 484 cm³/mol. The van der Waals surface area contributed by atoms with Crippen molar-refractivity contribution in [1.29, 1.82) is 0 Å². The number of benzene rings is 12. The van der Waals surface area contributed by atoms with Crippen LogP contribution in [0.25, 0.3) is 0 Å². The van der Waals surface area contributed by atoms with Gasteiger partial charge in [-0.05, 0) is 219 Å². The first-order chi connectivity index (χ1) is 53.5. The van der Waals surface area contributed by atoms with Crippen molar-refractivity contribution in [2.24, 2.45) is 0 Å². The summed E-state index contributed by atoms with van der Waals surface area (Å²) in [7, 11) is 15.1. The molecule has 0 atom stereocenters. The zero-order valence-electron chi connectivity index (χ0n) is 73.3. The monoisotopic (exact) mass is 1700 g/mol. The molecule has 0 aliphatic rings. The average molecular weight is 1700 g/mol. The molecule has 0 spiro atoms. The zero-order chi connectivity index (χ0) is 81.8. The summed E-state index contributed by atoms with van der Waals surface area (Å²) in [5, 5.41) is 0. The van der Waals surface area contributed by atoms with Gasteiger partial charge in [-0.15, -0.1) is 13.2 Å². The Balaban J connectivity index is 0. The molecule has 0 aliphatic carbocycles. The molecule has 0 fully saturated rings. The molecule has 115 heavy (non-hydrogen) atoms. The van der Waals surface area contributed by atoms with E-state index in [1.807, 2.05) is 228 Å². The second-order valence-electron chi connectivity index (χ2n) is 26.6. The maximum Gasteiger partial charge on any atom is 0.122 e. The van der Waals surface area contributed by atoms with E-state index >= 15 is 0 Å². The van der Waals surface area contributed by atoms with Gasteiger partial charge in [0.1, 0.15) is 51.7 Å². The van der Waals surface area contributed by atoms with Gasteiger partial charge in [0.2, 0.25) is 0 Å². The fourth-order valence-corrected chi connectivity index (χ4v) is 10.8. The van der Waals surface area contributed by atoms with Gasteiger partial charge in [-0.25, -0.2) is 0 Å². The molecular formula is C104H130O9Y2-2. The van der Waals surface area contributed by atoms with Crippen molar-refractivity contribution in [3.8, 4) is 51.7 Å². The van der Waals surface area contributed by atoms with Crippen LogP contribution >= 0.6 is 0 Å². The van der Waals surface area contributed by atoms with Crippen LogP contribution in [0.15, 0.2) is 323 Å². The Morgan fingerprint density at radius 3 is 0.913 bits per heavy atom. The Morgan fingerprint density at radius 2 is 0.557 bits per heavy atom. The number of allylic oxidation sites excluding steroid dienone is 2. The third kappa shape index (κ3) is 41.1. The van der Waals surface area contributed by atoms with Crippen LogP contribution in [0.3, 0.4) is 0 Å². The molecule has 0 aliphatic heterocycles. The van der Waals surface area contributed by atoms with E-state index in [1.165, 1.54) is 77.9 Å². The summed E-state index contributed by atoms with van der Waals surface area (Å²) in [5.41, 5.74) is 17.9. The summed E-state index contributed by atoms with van der Waals surface area (Å²) in [6.07, 6.45) is 6.57. The predicted octanol–water partition coefficient (Wildman–Crippen LogP) is 26.7. The van der Waals surface area contributed by atoms with Gasteiger partial charge in [0.05, 0.1) is 64.0 Å². The Kier molecular flexibility index (Phi) is 57.9. The summed E-state index contributed by atoms with van der Waals surface area (Å²) in [5.74, 6) is 8.26. The third-order valence-corrected chi connectivity index (χ3v) is 17.8. The summed E-state index contributed by atoms with van der Waals surface area (Å²) in [6.45, 7) is 33.3. The first-order valence-corrected chi connectivity index (χ1v) is 37.5. The van der Waals surface area contributed by atoms with E-state index in [-0.39, 0.29) is 91.1 Å². The smallest absolute Gasteiger partial charge is 0.122 e. The maximum atomic E-state index is 5.48. The fraction of sp³-hybridized carbons (Fsp3) is 0.250. The quantitative estimate of drug-likeness (QED) is 0.0581. The van der Waals surface area contributed by atoms with Crippen LogP contribution in [0.4, 0.5) is 0 Å². The van der Waals surface area contributed by atoms with Gasteiger partial charge in [-0.1, -0.05) is 271 Å². The average Bonchev–Trinajstić information content (AvgIpc) is 0.810. The zero-order valence-corrected chi connectivity index (χ0v) is 79.0. The second kappa shape index (κ2) is 61.9. The molecule has 12 rings (SSSR count). The normalized spacial score (nSPS) is 9.50. The van der Waals surface area contributed by atoms with Crippen LogP contribution in [0.1, 0.15) is 119 Å². The molecule has 0 N–H and O–H groups in total. The van der Waals surface area contributed by atoms with Gasteiger partial charge in [0.25, 0.3) is 0 Å². The van der Waals surface area contributed by atoms with Gasteiger partial charge >= 0.3 is 0 Å². The molecule has 2 radical (unpaired) electrons. The number of para-hydroxylation sites is 4. The van der Waals surface area contributed by atoms with Gasteiger partial charge in [0, 0.05) is 76.2 Å². The van der Waals surface area contributed by atoms with Crippen molar-refractivity contribution in [1.82, 2.24) is 0 Å². The number of hydrogen-bond acceptors (Lipinski definition) is 9. The van der Waals surface area contributed by atoms with Crippen molar-refractivity contribution in [3.63, 3.8) is 0 Å². The molecule has 12 aromatic rings. The fourth-order valence-electron chi connectivity index (χ4n) is 10.8. The van der Waals surface area contributed by atoms with Crippen LogP contribution in [0.2, 0.25) is 0 Å². The molecule has 608 valence electrons. The minimum atomic E-state index is -0.0776. The van der Waals surface area contributed by atoms with Crippen molar-refractivity contribution >= 4 is 0 Å². The summed E-state index contributed by atoms with van der Waals surface area (Å²) < 4.78 is 45.6. The van der Waals surface area contributed by atoms with Crippen molar-refractivity contribution in [2.45, 2.75) is 113 Å². The molecule has 12 aromatic carbocycles. The van der Waals surface area contributed by atoms with Crippen LogP contribution in [0.5, 0.6) is 51.7 Å². The molecule has 0 saturated heterocycles.